The van der Waals surface area contributed by atoms with Crippen molar-refractivity contribution < 1.29 is 27.4 Å². The average Bonchev–Trinajstić information content (AvgIpc) is 3.50. The van der Waals surface area contributed by atoms with E-state index < -0.39 is 22.2 Å². The van der Waals surface area contributed by atoms with Gasteiger partial charge in [-0.15, -0.1) is 0 Å². The van der Waals surface area contributed by atoms with Crippen molar-refractivity contribution in [3.63, 3.8) is 0 Å². The molecule has 11 heteroatoms. The molecule has 10 nitrogen and oxygen atoms in total. The molecule has 0 radical (unpaired) electrons. The van der Waals surface area contributed by atoms with E-state index in [0.29, 0.717) is 40.5 Å². The minimum Gasteiger partial charge on any atom is -0.493 e. The highest BCUT2D eigenvalue weighted by molar-refractivity contribution is 7.90. The van der Waals surface area contributed by atoms with Crippen LogP contribution < -0.4 is 25.1 Å². The van der Waals surface area contributed by atoms with Gasteiger partial charge in [0.15, 0.2) is 17.8 Å². The van der Waals surface area contributed by atoms with Gasteiger partial charge in [-0.2, -0.15) is 0 Å². The van der Waals surface area contributed by atoms with Gasteiger partial charge in [-0.1, -0.05) is 30.3 Å². The second-order valence-electron chi connectivity index (χ2n) is 9.31. The van der Waals surface area contributed by atoms with Crippen LogP contribution in [0.25, 0.3) is 11.1 Å². The smallest absolute Gasteiger partial charge is 0.265 e. The number of anilines is 1. The van der Waals surface area contributed by atoms with E-state index in [1.807, 2.05) is 0 Å². The fraction of sp³-hybridized carbons (Fsp3) is 0.200. The van der Waals surface area contributed by atoms with Gasteiger partial charge in [0.05, 0.1) is 18.6 Å². The number of H-pyrrole nitrogens is 1. The van der Waals surface area contributed by atoms with Crippen molar-refractivity contribution in [2.75, 3.05) is 19.0 Å². The number of benzene rings is 3. The number of pyridine rings is 1. The van der Waals surface area contributed by atoms with E-state index in [-0.39, 0.29) is 22.6 Å². The third kappa shape index (κ3) is 6.59. The van der Waals surface area contributed by atoms with Crippen molar-refractivity contribution in [2.24, 2.45) is 0 Å². The number of carbonyl (C=O) groups is 1. The number of nitrogens with one attached hydrogen (secondary N) is 3. The number of aromatic amines is 1. The van der Waals surface area contributed by atoms with Gasteiger partial charge in [0, 0.05) is 41.5 Å². The van der Waals surface area contributed by atoms with Gasteiger partial charge < -0.3 is 24.5 Å². The molecular formula is C30H29N3O7S. The van der Waals surface area contributed by atoms with E-state index in [1.54, 1.807) is 74.0 Å². The molecule has 0 unspecified atom stereocenters. The summed E-state index contributed by atoms with van der Waals surface area (Å²) in [5, 5.41) is 3.26. The number of hydrogen-bond acceptors (Lipinski definition) is 8. The highest BCUT2D eigenvalue weighted by atomic mass is 32.2. The Bertz CT molecular complexity index is 1700. The standard InChI is InChI=1S/C30H29N3O7S/c1-38-26-14-12-20(18-27(26)40-28-10-6-16-39-28)24-17-21(30(35)33-41(36,37)23-8-3-2-4-9-23)11-13-25(24)32-19-22-7-5-15-31-29(22)34/h2-5,7-9,11-15,17-18,28,32H,6,10,16,19H2,1H3,(H,31,34)(H,33,35)/t28-/m1/s1. The number of ether oxygens (including phenoxy) is 3. The molecule has 1 amide bonds. The topological polar surface area (TPSA) is 136 Å². The molecule has 41 heavy (non-hydrogen) atoms. The Morgan fingerprint density at radius 3 is 2.59 bits per heavy atom. The van der Waals surface area contributed by atoms with E-state index in [9.17, 15) is 18.0 Å². The maximum absolute atomic E-state index is 13.1. The molecule has 1 fully saturated rings. The summed E-state index contributed by atoms with van der Waals surface area (Å²) in [6, 6.07) is 21.2. The van der Waals surface area contributed by atoms with Gasteiger partial charge in [0.25, 0.3) is 21.5 Å². The first-order valence-electron chi connectivity index (χ1n) is 13.0. The number of rotatable bonds is 10. The summed E-state index contributed by atoms with van der Waals surface area (Å²) in [6.07, 6.45) is 2.79. The maximum Gasteiger partial charge on any atom is 0.265 e. The number of sulfonamides is 1. The molecule has 1 saturated heterocycles. The Morgan fingerprint density at radius 1 is 1.02 bits per heavy atom. The first-order chi connectivity index (χ1) is 19.8. The lowest BCUT2D eigenvalue weighted by Gasteiger charge is -2.18. The molecule has 3 N–H and O–H groups in total. The molecule has 3 aromatic carbocycles. The fourth-order valence-corrected chi connectivity index (χ4v) is 5.42. The first kappa shape index (κ1) is 27.9. The van der Waals surface area contributed by atoms with Crippen LogP contribution in [0.4, 0.5) is 5.69 Å². The maximum atomic E-state index is 13.1. The van der Waals surface area contributed by atoms with Crippen molar-refractivity contribution in [3.8, 4) is 22.6 Å². The number of hydrogen-bond donors (Lipinski definition) is 3. The normalized spacial score (nSPS) is 14.8. The lowest BCUT2D eigenvalue weighted by Crippen LogP contribution is -2.30. The van der Waals surface area contributed by atoms with Crippen LogP contribution in [0.1, 0.15) is 28.8 Å². The molecule has 1 aromatic heterocycles. The van der Waals surface area contributed by atoms with E-state index >= 15 is 0 Å². The summed E-state index contributed by atoms with van der Waals surface area (Å²) in [7, 11) is -2.54. The minimum absolute atomic E-state index is 0.0222. The zero-order valence-corrected chi connectivity index (χ0v) is 23.1. The van der Waals surface area contributed by atoms with E-state index in [0.717, 1.165) is 12.8 Å². The van der Waals surface area contributed by atoms with Crippen molar-refractivity contribution in [2.45, 2.75) is 30.6 Å². The van der Waals surface area contributed by atoms with Crippen LogP contribution >= 0.6 is 0 Å². The Hall–Kier alpha value is -4.61. The molecule has 0 aliphatic carbocycles. The predicted molar refractivity (Wildman–Crippen MR) is 154 cm³/mol. The molecule has 0 bridgehead atoms. The molecule has 1 atom stereocenters. The summed E-state index contributed by atoms with van der Waals surface area (Å²) in [6.45, 7) is 0.828. The zero-order chi connectivity index (χ0) is 28.8. The molecule has 2 heterocycles. The summed E-state index contributed by atoms with van der Waals surface area (Å²) >= 11 is 0. The largest absolute Gasteiger partial charge is 0.493 e. The van der Waals surface area contributed by atoms with Crippen molar-refractivity contribution >= 4 is 21.6 Å². The van der Waals surface area contributed by atoms with Crippen LogP contribution in [0.15, 0.2) is 94.7 Å². The molecule has 5 rings (SSSR count). The van der Waals surface area contributed by atoms with Crippen LogP contribution in [-0.4, -0.2) is 39.3 Å². The molecule has 1 aliphatic heterocycles. The second kappa shape index (κ2) is 12.3. The van der Waals surface area contributed by atoms with Crippen molar-refractivity contribution in [1.82, 2.24) is 9.71 Å². The lowest BCUT2D eigenvalue weighted by atomic mass is 9.99. The number of methoxy groups -OCH3 is 1. The highest BCUT2D eigenvalue weighted by Gasteiger charge is 2.22. The summed E-state index contributed by atoms with van der Waals surface area (Å²) in [5.41, 5.74) is 2.29. The van der Waals surface area contributed by atoms with E-state index in [1.165, 1.54) is 18.2 Å². The molecule has 212 valence electrons. The zero-order valence-electron chi connectivity index (χ0n) is 22.3. The van der Waals surface area contributed by atoms with Gasteiger partial charge in [-0.3, -0.25) is 9.59 Å². The Labute approximate surface area is 237 Å². The van der Waals surface area contributed by atoms with E-state index in [2.05, 4.69) is 15.0 Å². The number of aromatic nitrogens is 1. The van der Waals surface area contributed by atoms with Crippen molar-refractivity contribution in [3.05, 3.63) is 107 Å². The van der Waals surface area contributed by atoms with Crippen LogP contribution in [-0.2, 0) is 21.3 Å². The second-order valence-corrected chi connectivity index (χ2v) is 11.0. The van der Waals surface area contributed by atoms with Crippen LogP contribution in [0.2, 0.25) is 0 Å². The van der Waals surface area contributed by atoms with E-state index in [4.69, 9.17) is 14.2 Å². The SMILES string of the molecule is COc1ccc(-c2cc(C(=O)NS(=O)(=O)c3ccccc3)ccc2NCc2ccc[nH]c2=O)cc1O[C@@H]1CCCO1. The molecule has 1 aliphatic rings. The van der Waals surface area contributed by atoms with Crippen LogP contribution in [0, 0.1) is 0 Å². The van der Waals surface area contributed by atoms with Gasteiger partial charge in [-0.05, 0) is 60.5 Å². The summed E-state index contributed by atoms with van der Waals surface area (Å²) in [4.78, 5) is 28.0. The summed E-state index contributed by atoms with van der Waals surface area (Å²) in [5.74, 6) is 0.187. The van der Waals surface area contributed by atoms with Crippen LogP contribution in [0.3, 0.4) is 0 Å². The highest BCUT2D eigenvalue weighted by Crippen LogP contribution is 2.37. The lowest BCUT2D eigenvalue weighted by molar-refractivity contribution is -0.0402. The molecular weight excluding hydrogens is 546 g/mol. The molecule has 0 spiro atoms. The Morgan fingerprint density at radius 2 is 1.85 bits per heavy atom. The molecule has 0 saturated carbocycles. The van der Waals surface area contributed by atoms with Gasteiger partial charge in [0.1, 0.15) is 0 Å². The quantitative estimate of drug-likeness (QED) is 0.255. The van der Waals surface area contributed by atoms with Gasteiger partial charge >= 0.3 is 0 Å². The predicted octanol–water partition coefficient (Wildman–Crippen LogP) is 4.30. The monoisotopic (exact) mass is 575 g/mol. The summed E-state index contributed by atoms with van der Waals surface area (Å²) < 4.78 is 44.9. The van der Waals surface area contributed by atoms with Crippen LogP contribution in [0.5, 0.6) is 11.5 Å². The number of amides is 1. The van der Waals surface area contributed by atoms with Gasteiger partial charge in [0.2, 0.25) is 0 Å². The van der Waals surface area contributed by atoms with Gasteiger partial charge in [-0.25, -0.2) is 13.1 Å². The Kier molecular flexibility index (Phi) is 8.37. The first-order valence-corrected chi connectivity index (χ1v) is 14.5. The molecule has 4 aromatic rings. The number of carbonyl (C=O) groups excluding carboxylic acids is 1. The average molecular weight is 576 g/mol. The third-order valence-corrected chi connectivity index (χ3v) is 7.90. The third-order valence-electron chi connectivity index (χ3n) is 6.55. The fourth-order valence-electron chi connectivity index (χ4n) is 4.42. The minimum atomic E-state index is -4.08. The Balaban J connectivity index is 1.51. The van der Waals surface area contributed by atoms with Crippen molar-refractivity contribution in [1.29, 1.82) is 0 Å².